The topological polar surface area (TPSA) is 49.4 Å². The number of anilines is 2. The van der Waals surface area contributed by atoms with E-state index in [1.54, 1.807) is 30.3 Å². The second kappa shape index (κ2) is 5.36. The van der Waals surface area contributed by atoms with Gasteiger partial charge in [0.05, 0.1) is 16.9 Å². The fourth-order valence-electron chi connectivity index (χ4n) is 2.35. The van der Waals surface area contributed by atoms with Crippen molar-refractivity contribution in [1.29, 1.82) is 0 Å². The highest BCUT2D eigenvalue weighted by molar-refractivity contribution is 6.10. The summed E-state index contributed by atoms with van der Waals surface area (Å²) in [4.78, 5) is 25.7. The molecule has 0 saturated heterocycles. The normalized spacial score (nSPS) is 14.1. The van der Waals surface area contributed by atoms with Crippen molar-refractivity contribution in [3.05, 3.63) is 59.9 Å². The molecule has 4 nitrogen and oxygen atoms in total. The molecule has 2 amide bonds. The Morgan fingerprint density at radius 1 is 1.10 bits per heavy atom. The summed E-state index contributed by atoms with van der Waals surface area (Å²) in [5.74, 6) is -1.17. The predicted octanol–water partition coefficient (Wildman–Crippen LogP) is 2.81. The third kappa shape index (κ3) is 2.50. The van der Waals surface area contributed by atoms with Gasteiger partial charge in [-0.1, -0.05) is 24.3 Å². The molecule has 0 bridgehead atoms. The van der Waals surface area contributed by atoms with E-state index in [1.807, 2.05) is 0 Å². The molecular weight excluding hydrogens is 271 g/mol. The first kappa shape index (κ1) is 13.3. The molecule has 21 heavy (non-hydrogen) atoms. The van der Waals surface area contributed by atoms with E-state index in [1.165, 1.54) is 23.1 Å². The van der Waals surface area contributed by atoms with Crippen LogP contribution in [0, 0.1) is 5.82 Å². The largest absolute Gasteiger partial charge is 0.324 e. The van der Waals surface area contributed by atoms with Crippen LogP contribution < -0.4 is 10.2 Å². The average molecular weight is 284 g/mol. The number of carbonyl (C=O) groups is 2. The Balaban J connectivity index is 2.04. The monoisotopic (exact) mass is 284 g/mol. The molecule has 0 fully saturated rings. The smallest absolute Gasteiger partial charge is 0.261 e. The van der Waals surface area contributed by atoms with E-state index in [-0.39, 0.29) is 24.4 Å². The molecular formula is C16H13FN2O2. The van der Waals surface area contributed by atoms with Gasteiger partial charge in [-0.3, -0.25) is 9.59 Å². The zero-order valence-electron chi connectivity index (χ0n) is 11.2. The van der Waals surface area contributed by atoms with Crippen LogP contribution in [0.2, 0.25) is 0 Å². The number of rotatable bonds is 1. The van der Waals surface area contributed by atoms with Gasteiger partial charge in [-0.15, -0.1) is 0 Å². The second-order valence-electron chi connectivity index (χ2n) is 4.75. The lowest BCUT2D eigenvalue weighted by Gasteiger charge is -2.22. The SMILES string of the molecule is O=C1CCN(C(=O)c2ccccc2F)c2ccccc2N1. The van der Waals surface area contributed by atoms with Crippen LogP contribution in [-0.4, -0.2) is 18.4 Å². The van der Waals surface area contributed by atoms with Gasteiger partial charge in [0.2, 0.25) is 5.91 Å². The first-order valence-corrected chi connectivity index (χ1v) is 6.62. The number of benzene rings is 2. The Labute approximate surface area is 121 Å². The summed E-state index contributed by atoms with van der Waals surface area (Å²) in [7, 11) is 0. The number of hydrogen-bond acceptors (Lipinski definition) is 2. The fraction of sp³-hybridized carbons (Fsp3) is 0.125. The third-order valence-electron chi connectivity index (χ3n) is 3.38. The molecule has 1 aliphatic rings. The Morgan fingerprint density at radius 3 is 2.62 bits per heavy atom. The first-order valence-electron chi connectivity index (χ1n) is 6.62. The van der Waals surface area contributed by atoms with Gasteiger partial charge < -0.3 is 10.2 Å². The van der Waals surface area contributed by atoms with Crippen molar-refractivity contribution >= 4 is 23.2 Å². The molecule has 1 aliphatic heterocycles. The minimum Gasteiger partial charge on any atom is -0.324 e. The molecule has 0 aliphatic carbocycles. The lowest BCUT2D eigenvalue weighted by atomic mass is 10.1. The van der Waals surface area contributed by atoms with Gasteiger partial charge in [0.1, 0.15) is 5.82 Å². The molecule has 1 N–H and O–H groups in total. The highest BCUT2D eigenvalue weighted by Gasteiger charge is 2.26. The number of carbonyl (C=O) groups excluding carboxylic acids is 2. The molecule has 0 spiro atoms. The van der Waals surface area contributed by atoms with Crippen molar-refractivity contribution < 1.29 is 14.0 Å². The van der Waals surface area contributed by atoms with Crippen molar-refractivity contribution in [3.63, 3.8) is 0 Å². The first-order chi connectivity index (χ1) is 10.2. The number of fused-ring (bicyclic) bond motifs is 1. The zero-order chi connectivity index (χ0) is 14.8. The van der Waals surface area contributed by atoms with E-state index >= 15 is 0 Å². The molecule has 2 aromatic rings. The van der Waals surface area contributed by atoms with Gasteiger partial charge in [-0.05, 0) is 24.3 Å². The summed E-state index contributed by atoms with van der Waals surface area (Å²) < 4.78 is 13.8. The van der Waals surface area contributed by atoms with Gasteiger partial charge in [0, 0.05) is 13.0 Å². The van der Waals surface area contributed by atoms with E-state index in [2.05, 4.69) is 5.32 Å². The molecule has 0 radical (unpaired) electrons. The highest BCUT2D eigenvalue weighted by Crippen LogP contribution is 2.29. The number of amides is 2. The third-order valence-corrected chi connectivity index (χ3v) is 3.38. The maximum absolute atomic E-state index is 13.8. The van der Waals surface area contributed by atoms with Crippen LogP contribution >= 0.6 is 0 Å². The minimum atomic E-state index is -0.566. The Kier molecular flexibility index (Phi) is 3.39. The van der Waals surface area contributed by atoms with Crippen molar-refractivity contribution in [2.24, 2.45) is 0 Å². The molecule has 0 atom stereocenters. The summed E-state index contributed by atoms with van der Waals surface area (Å²) in [5.41, 5.74) is 1.14. The van der Waals surface area contributed by atoms with Gasteiger partial charge in [0.15, 0.2) is 0 Å². The predicted molar refractivity (Wildman–Crippen MR) is 77.8 cm³/mol. The average Bonchev–Trinajstić information content (AvgIpc) is 2.65. The zero-order valence-corrected chi connectivity index (χ0v) is 11.2. The lowest BCUT2D eigenvalue weighted by molar-refractivity contribution is -0.115. The summed E-state index contributed by atoms with van der Waals surface area (Å²) in [6.45, 7) is 0.218. The van der Waals surface area contributed by atoms with E-state index in [4.69, 9.17) is 0 Å². The summed E-state index contributed by atoms with van der Waals surface area (Å²) in [5, 5.41) is 2.75. The lowest BCUT2D eigenvalue weighted by Crippen LogP contribution is -2.32. The van der Waals surface area contributed by atoms with Gasteiger partial charge in [-0.2, -0.15) is 0 Å². The van der Waals surface area contributed by atoms with E-state index in [0.29, 0.717) is 11.4 Å². The molecule has 0 unspecified atom stereocenters. The molecule has 3 rings (SSSR count). The van der Waals surface area contributed by atoms with Crippen molar-refractivity contribution in [1.82, 2.24) is 0 Å². The quantitative estimate of drug-likeness (QED) is 0.875. The van der Waals surface area contributed by atoms with Crippen LogP contribution in [0.5, 0.6) is 0 Å². The van der Waals surface area contributed by atoms with Gasteiger partial charge in [0.25, 0.3) is 5.91 Å². The molecule has 1 heterocycles. The van der Waals surface area contributed by atoms with Crippen LogP contribution in [0.4, 0.5) is 15.8 Å². The molecule has 5 heteroatoms. The number of para-hydroxylation sites is 2. The maximum atomic E-state index is 13.8. The van der Waals surface area contributed by atoms with Gasteiger partial charge >= 0.3 is 0 Å². The summed E-state index contributed by atoms with van der Waals surface area (Å²) in [6.07, 6.45) is 0.175. The highest BCUT2D eigenvalue weighted by atomic mass is 19.1. The fourth-order valence-corrected chi connectivity index (χ4v) is 2.35. The number of halogens is 1. The molecule has 0 aromatic heterocycles. The minimum absolute atomic E-state index is 0.00153. The van der Waals surface area contributed by atoms with Crippen molar-refractivity contribution in [2.45, 2.75) is 6.42 Å². The maximum Gasteiger partial charge on any atom is 0.261 e. The van der Waals surface area contributed by atoms with Crippen LogP contribution in [-0.2, 0) is 4.79 Å². The van der Waals surface area contributed by atoms with Crippen LogP contribution in [0.15, 0.2) is 48.5 Å². The molecule has 106 valence electrons. The van der Waals surface area contributed by atoms with Crippen LogP contribution in [0.3, 0.4) is 0 Å². The summed E-state index contributed by atoms with van der Waals surface area (Å²) in [6, 6.07) is 12.9. The second-order valence-corrected chi connectivity index (χ2v) is 4.75. The number of hydrogen-bond donors (Lipinski definition) is 1. The Morgan fingerprint density at radius 2 is 1.81 bits per heavy atom. The van der Waals surface area contributed by atoms with Crippen molar-refractivity contribution in [2.75, 3.05) is 16.8 Å². The summed E-state index contributed by atoms with van der Waals surface area (Å²) >= 11 is 0. The van der Waals surface area contributed by atoms with Crippen LogP contribution in [0.25, 0.3) is 0 Å². The molecule has 2 aromatic carbocycles. The van der Waals surface area contributed by atoms with Crippen LogP contribution in [0.1, 0.15) is 16.8 Å². The number of nitrogens with one attached hydrogen (secondary N) is 1. The van der Waals surface area contributed by atoms with Crippen molar-refractivity contribution in [3.8, 4) is 0 Å². The standard InChI is InChI=1S/C16H13FN2O2/c17-12-6-2-1-5-11(12)16(21)19-10-9-15(20)18-13-7-3-4-8-14(13)19/h1-8H,9-10H2,(H,18,20). The Hall–Kier alpha value is -2.69. The number of nitrogens with zero attached hydrogens (tertiary/aromatic N) is 1. The van der Waals surface area contributed by atoms with E-state index < -0.39 is 11.7 Å². The van der Waals surface area contributed by atoms with E-state index in [9.17, 15) is 14.0 Å². The van der Waals surface area contributed by atoms with E-state index in [0.717, 1.165) is 0 Å². The Bertz CT molecular complexity index is 715. The molecule has 0 saturated carbocycles. The van der Waals surface area contributed by atoms with Gasteiger partial charge in [-0.25, -0.2) is 4.39 Å².